The van der Waals surface area contributed by atoms with Crippen LogP contribution in [0.4, 0.5) is 0 Å². The minimum Gasteiger partial charge on any atom is -0.298 e. The summed E-state index contributed by atoms with van der Waals surface area (Å²) in [6.45, 7) is 1.82. The number of hydrogen-bond acceptors (Lipinski definition) is 2. The lowest BCUT2D eigenvalue weighted by molar-refractivity contribution is -0.121. The highest BCUT2D eigenvalue weighted by Crippen LogP contribution is 2.16. The second kappa shape index (κ2) is 3.69. The van der Waals surface area contributed by atoms with Crippen molar-refractivity contribution in [1.82, 2.24) is 4.90 Å². The van der Waals surface area contributed by atoms with Crippen LogP contribution in [0.3, 0.4) is 0 Å². The van der Waals surface area contributed by atoms with E-state index in [0.717, 1.165) is 11.4 Å². The van der Waals surface area contributed by atoms with Gasteiger partial charge in [0.25, 0.3) is 5.91 Å². The smallest absolute Gasteiger partial charge is 0.277 e. The topological polar surface area (TPSA) is 32.7 Å². The van der Waals surface area contributed by atoms with Gasteiger partial charge in [0.05, 0.1) is 0 Å². The summed E-state index contributed by atoms with van der Waals surface area (Å²) in [6, 6.07) is 9.71. The summed E-state index contributed by atoms with van der Waals surface area (Å²) >= 11 is 0. The number of amidine groups is 1. The molecule has 2 rings (SSSR count). The van der Waals surface area contributed by atoms with Crippen molar-refractivity contribution in [2.24, 2.45) is 4.99 Å². The maximum Gasteiger partial charge on any atom is 0.277 e. The molecule has 1 aromatic rings. The van der Waals surface area contributed by atoms with Gasteiger partial charge in [-0.3, -0.25) is 9.69 Å². The van der Waals surface area contributed by atoms with Gasteiger partial charge in [-0.1, -0.05) is 30.3 Å². The predicted octanol–water partition coefficient (Wildman–Crippen LogP) is 1.92. The van der Waals surface area contributed by atoms with Crippen LogP contribution >= 0.6 is 0 Å². The average Bonchev–Trinajstić information content (AvgIpc) is 2.48. The largest absolute Gasteiger partial charge is 0.298 e. The molecule has 0 atom stereocenters. The van der Waals surface area contributed by atoms with Gasteiger partial charge in [0.1, 0.15) is 11.5 Å². The number of nitrogens with zero attached hydrogens (tertiary/aromatic N) is 2. The SMILES string of the molecule is CC1=N/C(=C/c2ccccc2)C(=O)N1C. The summed E-state index contributed by atoms with van der Waals surface area (Å²) in [6.07, 6.45) is 1.80. The first-order valence-electron chi connectivity index (χ1n) is 4.78. The van der Waals surface area contributed by atoms with Gasteiger partial charge in [0.2, 0.25) is 0 Å². The zero-order valence-corrected chi connectivity index (χ0v) is 8.77. The van der Waals surface area contributed by atoms with E-state index in [4.69, 9.17) is 0 Å². The molecule has 0 bridgehead atoms. The van der Waals surface area contributed by atoms with Gasteiger partial charge >= 0.3 is 0 Å². The number of rotatable bonds is 1. The number of hydrogen-bond donors (Lipinski definition) is 0. The number of aliphatic imine (C=N–C) groups is 1. The monoisotopic (exact) mass is 200 g/mol. The summed E-state index contributed by atoms with van der Waals surface area (Å²) in [7, 11) is 1.73. The van der Waals surface area contributed by atoms with Crippen LogP contribution in [0.25, 0.3) is 6.08 Å². The Kier molecular flexibility index (Phi) is 2.37. The fraction of sp³-hybridized carbons (Fsp3) is 0.167. The van der Waals surface area contributed by atoms with Gasteiger partial charge in [-0.25, -0.2) is 4.99 Å². The van der Waals surface area contributed by atoms with E-state index in [0.29, 0.717) is 5.70 Å². The quantitative estimate of drug-likeness (QED) is 0.637. The molecule has 0 fully saturated rings. The molecule has 1 aliphatic rings. The van der Waals surface area contributed by atoms with E-state index in [9.17, 15) is 4.79 Å². The molecule has 1 aliphatic heterocycles. The first-order valence-corrected chi connectivity index (χ1v) is 4.78. The van der Waals surface area contributed by atoms with E-state index >= 15 is 0 Å². The van der Waals surface area contributed by atoms with E-state index < -0.39 is 0 Å². The molecule has 0 spiro atoms. The number of carbonyl (C=O) groups excluding carboxylic acids is 1. The maximum atomic E-state index is 11.7. The minimum absolute atomic E-state index is 0.0450. The third-order valence-electron chi connectivity index (χ3n) is 2.39. The molecule has 76 valence electrons. The standard InChI is InChI=1S/C12H12N2O/c1-9-13-11(12(15)14(9)2)8-10-6-4-3-5-7-10/h3-8H,1-2H3/b11-8+. The van der Waals surface area contributed by atoms with E-state index in [1.807, 2.05) is 37.3 Å². The third-order valence-corrected chi connectivity index (χ3v) is 2.39. The average molecular weight is 200 g/mol. The van der Waals surface area contributed by atoms with Crippen molar-refractivity contribution >= 4 is 17.8 Å². The van der Waals surface area contributed by atoms with Gasteiger partial charge in [-0.05, 0) is 18.6 Å². The lowest BCUT2D eigenvalue weighted by Crippen LogP contribution is -2.25. The van der Waals surface area contributed by atoms with Crippen molar-refractivity contribution in [2.45, 2.75) is 6.92 Å². The fourth-order valence-corrected chi connectivity index (χ4v) is 1.42. The van der Waals surface area contributed by atoms with Gasteiger partial charge < -0.3 is 0 Å². The molecule has 3 nitrogen and oxygen atoms in total. The minimum atomic E-state index is -0.0450. The molecule has 0 saturated carbocycles. The molecule has 0 aromatic heterocycles. The molecule has 1 aromatic carbocycles. The summed E-state index contributed by atoms with van der Waals surface area (Å²) in [5, 5.41) is 0. The Balaban J connectivity index is 2.34. The van der Waals surface area contributed by atoms with Crippen LogP contribution in [0, 0.1) is 0 Å². The molecule has 15 heavy (non-hydrogen) atoms. The highest BCUT2D eigenvalue weighted by molar-refractivity contribution is 6.13. The Morgan fingerprint density at radius 1 is 1.27 bits per heavy atom. The molecule has 0 aliphatic carbocycles. The lowest BCUT2D eigenvalue weighted by Gasteiger charge is -2.05. The summed E-state index contributed by atoms with van der Waals surface area (Å²) in [4.78, 5) is 17.4. The lowest BCUT2D eigenvalue weighted by atomic mass is 10.2. The van der Waals surface area contributed by atoms with Crippen molar-refractivity contribution in [3.63, 3.8) is 0 Å². The molecular formula is C12H12N2O. The van der Waals surface area contributed by atoms with E-state index in [1.165, 1.54) is 0 Å². The van der Waals surface area contributed by atoms with Crippen molar-refractivity contribution in [3.05, 3.63) is 41.6 Å². The Morgan fingerprint density at radius 3 is 2.47 bits per heavy atom. The molecular weight excluding hydrogens is 188 g/mol. The number of carbonyl (C=O) groups is 1. The molecule has 1 amide bonds. The summed E-state index contributed by atoms with van der Waals surface area (Å²) in [5.74, 6) is 0.693. The fourth-order valence-electron chi connectivity index (χ4n) is 1.42. The highest BCUT2D eigenvalue weighted by atomic mass is 16.2. The highest BCUT2D eigenvalue weighted by Gasteiger charge is 2.23. The Bertz CT molecular complexity index is 446. The zero-order chi connectivity index (χ0) is 10.8. The van der Waals surface area contributed by atoms with E-state index in [2.05, 4.69) is 4.99 Å². The maximum absolute atomic E-state index is 11.7. The third kappa shape index (κ3) is 1.81. The van der Waals surface area contributed by atoms with Crippen LogP contribution in [0.15, 0.2) is 41.0 Å². The number of benzene rings is 1. The van der Waals surface area contributed by atoms with Crippen LogP contribution in [-0.2, 0) is 4.79 Å². The van der Waals surface area contributed by atoms with Crippen molar-refractivity contribution in [1.29, 1.82) is 0 Å². The molecule has 0 radical (unpaired) electrons. The van der Waals surface area contributed by atoms with E-state index in [-0.39, 0.29) is 5.91 Å². The Hall–Kier alpha value is -1.90. The summed E-state index contributed by atoms with van der Waals surface area (Å²) in [5.41, 5.74) is 1.49. The molecule has 0 unspecified atom stereocenters. The van der Waals surface area contributed by atoms with Crippen LogP contribution in [0.5, 0.6) is 0 Å². The second-order valence-electron chi connectivity index (χ2n) is 3.46. The zero-order valence-electron chi connectivity index (χ0n) is 8.77. The van der Waals surface area contributed by atoms with Crippen molar-refractivity contribution in [3.8, 4) is 0 Å². The summed E-state index contributed by atoms with van der Waals surface area (Å²) < 4.78 is 0. The molecule has 3 heteroatoms. The van der Waals surface area contributed by atoms with Crippen LogP contribution < -0.4 is 0 Å². The Morgan fingerprint density at radius 2 is 1.93 bits per heavy atom. The van der Waals surface area contributed by atoms with Gasteiger partial charge in [-0.2, -0.15) is 0 Å². The second-order valence-corrected chi connectivity index (χ2v) is 3.46. The normalized spacial score (nSPS) is 18.5. The van der Waals surface area contributed by atoms with Crippen LogP contribution in [0.1, 0.15) is 12.5 Å². The molecule has 1 heterocycles. The van der Waals surface area contributed by atoms with Gasteiger partial charge in [0.15, 0.2) is 0 Å². The predicted molar refractivity (Wildman–Crippen MR) is 60.3 cm³/mol. The number of likely N-dealkylation sites (N-methyl/N-ethyl adjacent to an activating group) is 1. The number of amides is 1. The molecule has 0 saturated heterocycles. The van der Waals surface area contributed by atoms with Crippen LogP contribution in [0.2, 0.25) is 0 Å². The van der Waals surface area contributed by atoms with Gasteiger partial charge in [-0.15, -0.1) is 0 Å². The molecule has 0 N–H and O–H groups in total. The first-order chi connectivity index (χ1) is 7.18. The van der Waals surface area contributed by atoms with Crippen molar-refractivity contribution in [2.75, 3.05) is 7.05 Å². The van der Waals surface area contributed by atoms with Crippen molar-refractivity contribution < 1.29 is 4.79 Å². The Labute approximate surface area is 88.7 Å². The first kappa shape index (κ1) is 9.65. The van der Waals surface area contributed by atoms with Crippen LogP contribution in [-0.4, -0.2) is 23.7 Å². The van der Waals surface area contributed by atoms with E-state index in [1.54, 1.807) is 18.0 Å². The van der Waals surface area contributed by atoms with Gasteiger partial charge in [0, 0.05) is 7.05 Å².